The molecule has 13 nitrogen and oxygen atoms in total. The summed E-state index contributed by atoms with van der Waals surface area (Å²) in [6.07, 6.45) is 0.469. The van der Waals surface area contributed by atoms with Gasteiger partial charge >= 0.3 is 11.9 Å². The molecule has 0 bridgehead atoms. The summed E-state index contributed by atoms with van der Waals surface area (Å²) in [6.45, 7) is 0.497. The number of amides is 3. The van der Waals surface area contributed by atoms with E-state index in [4.69, 9.17) is 0 Å². The van der Waals surface area contributed by atoms with Gasteiger partial charge in [-0.15, -0.1) is 0 Å². The Bertz CT molecular complexity index is 2560. The third-order valence-electron chi connectivity index (χ3n) is 11.7. The highest BCUT2D eigenvalue weighted by molar-refractivity contribution is 6.05. The highest BCUT2D eigenvalue weighted by atomic mass is 19.4. The summed E-state index contributed by atoms with van der Waals surface area (Å²) in [7, 11) is 1.51. The minimum atomic E-state index is -4.73. The van der Waals surface area contributed by atoms with E-state index >= 15 is 8.78 Å². The Morgan fingerprint density at radius 3 is 2.50 bits per heavy atom. The number of carbonyl (C=O) groups excluding carboxylic acids is 3. The molecule has 5 aromatic rings. The van der Waals surface area contributed by atoms with Crippen LogP contribution in [0, 0.1) is 17.2 Å². The molecule has 3 amide bonds. The maximum atomic E-state index is 16.1. The lowest BCUT2D eigenvalue weighted by molar-refractivity contribution is -0.141. The zero-order valence-corrected chi connectivity index (χ0v) is 31.2. The van der Waals surface area contributed by atoms with E-state index in [9.17, 15) is 37.6 Å². The number of aromatic nitrogens is 5. The van der Waals surface area contributed by atoms with E-state index in [0.717, 1.165) is 43.9 Å². The number of nitriles is 1. The first-order chi connectivity index (χ1) is 27.6. The summed E-state index contributed by atoms with van der Waals surface area (Å²) in [5.41, 5.74) is -0.400. The van der Waals surface area contributed by atoms with Crippen LogP contribution in [0.2, 0.25) is 0 Å². The van der Waals surface area contributed by atoms with Gasteiger partial charge in [0.05, 0.1) is 46.3 Å². The molecular formula is C40H38F5N9O4. The lowest BCUT2D eigenvalue weighted by Crippen LogP contribution is -2.49. The maximum Gasteiger partial charge on any atom is 0.433 e. The first-order valence-electron chi connectivity index (χ1n) is 19.0. The molecule has 18 heteroatoms. The number of rotatable bonds is 7. The standard InChI is InChI=1S/C40H38F5N9O4/c1-51-35-26(4-2-6-31(35)54(38(51)58)32-12-13-34(55)49-37(32)57)27-14-15-52(21-39(27,41)42)19-22-8-10-25(11-9-22)53-20-24-17-29(23(18-46)16-30(24)50-53)48-36(56)28-5-3-7-33(47-28)40(43,44)45/h2-7,16-17,20,22,25,27,32H,8-15,19,21H2,1H3,(H,48,56)(H,49,55,57)/t22-,25-,27?,32?. The third kappa shape index (κ3) is 7.23. The molecule has 58 heavy (non-hydrogen) atoms. The molecular weight excluding hydrogens is 765 g/mol. The Balaban J connectivity index is 0.910. The van der Waals surface area contributed by atoms with Crippen LogP contribution >= 0.6 is 0 Å². The van der Waals surface area contributed by atoms with E-state index in [-0.39, 0.29) is 42.5 Å². The van der Waals surface area contributed by atoms with Crippen molar-refractivity contribution < 1.29 is 36.3 Å². The zero-order valence-electron chi connectivity index (χ0n) is 31.2. The smallest absolute Gasteiger partial charge is 0.319 e. The number of halogens is 5. The van der Waals surface area contributed by atoms with Crippen LogP contribution in [0.25, 0.3) is 21.9 Å². The van der Waals surface area contributed by atoms with Crippen LogP contribution in [0.1, 0.15) is 90.3 Å². The van der Waals surface area contributed by atoms with Gasteiger partial charge in [0, 0.05) is 31.6 Å². The summed E-state index contributed by atoms with van der Waals surface area (Å²) in [5.74, 6) is -5.98. The predicted molar refractivity (Wildman–Crippen MR) is 200 cm³/mol. The number of hydrogen-bond donors (Lipinski definition) is 2. The number of carbonyl (C=O) groups is 3. The van der Waals surface area contributed by atoms with Gasteiger partial charge in [-0.3, -0.25) is 38.4 Å². The number of piperidine rings is 2. The van der Waals surface area contributed by atoms with Crippen LogP contribution < -0.4 is 16.3 Å². The van der Waals surface area contributed by atoms with Crippen LogP contribution in [0.3, 0.4) is 0 Å². The maximum absolute atomic E-state index is 16.1. The van der Waals surface area contributed by atoms with Gasteiger partial charge in [-0.2, -0.15) is 23.5 Å². The summed E-state index contributed by atoms with van der Waals surface area (Å²) >= 11 is 0. The molecule has 0 spiro atoms. The molecule has 2 atom stereocenters. The molecule has 2 aliphatic heterocycles. The fourth-order valence-corrected chi connectivity index (χ4v) is 8.87. The number of likely N-dealkylation sites (tertiary alicyclic amines) is 1. The number of benzene rings is 2. The Kier molecular flexibility index (Phi) is 9.90. The Morgan fingerprint density at radius 1 is 1.03 bits per heavy atom. The molecule has 5 heterocycles. The molecule has 1 aliphatic carbocycles. The monoisotopic (exact) mass is 803 g/mol. The van der Waals surface area contributed by atoms with Gasteiger partial charge in [-0.1, -0.05) is 18.2 Å². The van der Waals surface area contributed by atoms with Gasteiger partial charge in [0.25, 0.3) is 11.8 Å². The molecule has 8 rings (SSSR count). The van der Waals surface area contributed by atoms with Crippen molar-refractivity contribution in [2.75, 3.05) is 25.0 Å². The molecule has 3 aromatic heterocycles. The number of aryl methyl sites for hydroxylation is 1. The highest BCUT2D eigenvalue weighted by Crippen LogP contribution is 2.44. The number of fused-ring (bicyclic) bond motifs is 2. The Labute approximate surface area is 327 Å². The lowest BCUT2D eigenvalue weighted by atomic mass is 9.83. The van der Waals surface area contributed by atoms with Crippen molar-refractivity contribution in [1.29, 1.82) is 5.26 Å². The second-order valence-electron chi connectivity index (χ2n) is 15.4. The van der Waals surface area contributed by atoms with Gasteiger partial charge in [0.2, 0.25) is 11.8 Å². The van der Waals surface area contributed by atoms with Crippen molar-refractivity contribution in [2.45, 2.75) is 75.0 Å². The number of pyridine rings is 1. The number of hydrogen-bond acceptors (Lipinski definition) is 8. The number of para-hydroxylation sites is 1. The fraction of sp³-hybridized carbons (Fsp3) is 0.425. The topological polar surface area (TPSA) is 160 Å². The van der Waals surface area contributed by atoms with E-state index in [1.165, 1.54) is 22.2 Å². The largest absolute Gasteiger partial charge is 0.433 e. The quantitative estimate of drug-likeness (QED) is 0.148. The average molecular weight is 804 g/mol. The minimum absolute atomic E-state index is 0.00771. The van der Waals surface area contributed by atoms with Crippen LogP contribution in [0.15, 0.2) is 59.5 Å². The molecule has 302 valence electrons. The number of alkyl halides is 5. The van der Waals surface area contributed by atoms with E-state index in [1.807, 2.05) is 15.7 Å². The van der Waals surface area contributed by atoms with Crippen molar-refractivity contribution in [3.8, 4) is 6.07 Å². The number of imidazole rings is 1. The van der Waals surface area contributed by atoms with E-state index < -0.39 is 65.4 Å². The number of nitrogens with zero attached hydrogens (tertiary/aromatic N) is 7. The summed E-state index contributed by atoms with van der Waals surface area (Å²) in [5, 5.41) is 19.8. The van der Waals surface area contributed by atoms with Crippen molar-refractivity contribution in [2.24, 2.45) is 13.0 Å². The van der Waals surface area contributed by atoms with Crippen LogP contribution in [-0.2, 0) is 22.8 Å². The second kappa shape index (κ2) is 14.8. The van der Waals surface area contributed by atoms with Crippen molar-refractivity contribution >= 4 is 45.3 Å². The van der Waals surface area contributed by atoms with E-state index in [2.05, 4.69) is 20.7 Å². The first-order valence-corrected chi connectivity index (χ1v) is 19.0. The van der Waals surface area contributed by atoms with Gasteiger partial charge in [-0.25, -0.2) is 18.6 Å². The molecule has 0 radical (unpaired) electrons. The van der Waals surface area contributed by atoms with Crippen LogP contribution in [-0.4, -0.2) is 72.1 Å². The Morgan fingerprint density at radius 2 is 1.79 bits per heavy atom. The fourth-order valence-electron chi connectivity index (χ4n) is 8.87. The molecule has 2 N–H and O–H groups in total. The second-order valence-corrected chi connectivity index (χ2v) is 15.4. The van der Waals surface area contributed by atoms with Crippen LogP contribution in [0.5, 0.6) is 0 Å². The number of imide groups is 1. The van der Waals surface area contributed by atoms with Gasteiger partial charge < -0.3 is 5.32 Å². The minimum Gasteiger partial charge on any atom is -0.319 e. The van der Waals surface area contributed by atoms with Gasteiger partial charge in [-0.05, 0) is 86.9 Å². The van der Waals surface area contributed by atoms with Gasteiger partial charge in [0.1, 0.15) is 23.5 Å². The molecule has 3 aliphatic rings. The van der Waals surface area contributed by atoms with Crippen molar-refractivity contribution in [1.82, 2.24) is 34.1 Å². The van der Waals surface area contributed by atoms with Gasteiger partial charge in [0.15, 0.2) is 0 Å². The lowest BCUT2D eigenvalue weighted by Gasteiger charge is -2.41. The van der Waals surface area contributed by atoms with Crippen molar-refractivity contribution in [3.05, 3.63) is 87.7 Å². The number of nitrogens with one attached hydrogen (secondary N) is 2. The SMILES string of the molecule is Cn1c(=O)n(C2CCC(=O)NC2=O)c2cccc(C3CCN(C[C@H]4CC[C@H](n5cc6cc(NC(=O)c7cccc(C(F)(F)F)n7)c(C#N)cc6n5)CC4)CC3(F)F)c21. The third-order valence-corrected chi connectivity index (χ3v) is 11.7. The van der Waals surface area contributed by atoms with Crippen molar-refractivity contribution in [3.63, 3.8) is 0 Å². The predicted octanol–water partition coefficient (Wildman–Crippen LogP) is 6.06. The molecule has 2 unspecified atom stereocenters. The molecule has 2 saturated heterocycles. The summed E-state index contributed by atoms with van der Waals surface area (Å²) in [4.78, 5) is 55.9. The summed E-state index contributed by atoms with van der Waals surface area (Å²) < 4.78 is 76.1. The molecule has 1 saturated carbocycles. The average Bonchev–Trinajstić information content (AvgIpc) is 3.71. The van der Waals surface area contributed by atoms with Crippen LogP contribution in [0.4, 0.5) is 27.6 Å². The zero-order chi connectivity index (χ0) is 41.1. The van der Waals surface area contributed by atoms with E-state index in [0.29, 0.717) is 40.6 Å². The molecule has 3 fully saturated rings. The highest BCUT2D eigenvalue weighted by Gasteiger charge is 2.47. The first kappa shape index (κ1) is 38.9. The normalized spacial score (nSPS) is 22.8. The molecule has 2 aromatic carbocycles. The summed E-state index contributed by atoms with van der Waals surface area (Å²) in [6, 6.07) is 12.0. The number of anilines is 1. The van der Waals surface area contributed by atoms with E-state index in [1.54, 1.807) is 30.5 Å². The Hall–Kier alpha value is -5.96.